The molecule has 0 spiro atoms. The minimum absolute atomic E-state index is 0.0960. The van der Waals surface area contributed by atoms with Crippen LogP contribution in [-0.4, -0.2) is 62.8 Å². The third kappa shape index (κ3) is 7.82. The fourth-order valence-electron chi connectivity index (χ4n) is 2.28. The van der Waals surface area contributed by atoms with E-state index >= 15 is 0 Å². The molecule has 118 valence electrons. The minimum Gasteiger partial charge on any atom is -0.379 e. The molecule has 1 atom stereocenters. The molecule has 1 rings (SSSR count). The van der Waals surface area contributed by atoms with Crippen LogP contribution in [0.15, 0.2) is 0 Å². The summed E-state index contributed by atoms with van der Waals surface area (Å²) in [4.78, 5) is 14.2. The zero-order valence-electron chi connectivity index (χ0n) is 13.1. The Bertz CT molecular complexity index is 256. The fourth-order valence-corrected chi connectivity index (χ4v) is 2.28. The first kappa shape index (κ1) is 17.4. The van der Waals surface area contributed by atoms with Crippen LogP contribution in [0.25, 0.3) is 0 Å². The van der Waals surface area contributed by atoms with E-state index in [4.69, 9.17) is 4.74 Å². The van der Waals surface area contributed by atoms with Crippen molar-refractivity contribution in [1.29, 1.82) is 0 Å². The molecule has 1 heterocycles. The van der Waals surface area contributed by atoms with Gasteiger partial charge in [-0.3, -0.25) is 9.69 Å². The molecular weight excluding hydrogens is 254 g/mol. The number of unbranched alkanes of at least 4 members (excludes halogenated alkanes) is 2. The third-order valence-corrected chi connectivity index (χ3v) is 3.68. The average Bonchev–Trinajstić information content (AvgIpc) is 2.48. The lowest BCUT2D eigenvalue weighted by atomic mass is 10.2. The quantitative estimate of drug-likeness (QED) is 0.588. The Balaban J connectivity index is 1.98. The fraction of sp³-hybridized carbons (Fsp3) is 0.933. The average molecular weight is 285 g/mol. The molecule has 0 aromatic heterocycles. The number of nitrogens with zero attached hydrogens (tertiary/aromatic N) is 1. The molecule has 1 unspecified atom stereocenters. The second kappa shape index (κ2) is 11.1. The predicted molar refractivity (Wildman–Crippen MR) is 81.9 cm³/mol. The largest absolute Gasteiger partial charge is 0.379 e. The lowest BCUT2D eigenvalue weighted by Gasteiger charge is -2.26. The van der Waals surface area contributed by atoms with Crippen molar-refractivity contribution >= 4 is 5.91 Å². The van der Waals surface area contributed by atoms with Crippen LogP contribution in [0.3, 0.4) is 0 Å². The summed E-state index contributed by atoms with van der Waals surface area (Å²) < 4.78 is 5.32. The van der Waals surface area contributed by atoms with E-state index in [1.54, 1.807) is 0 Å². The lowest BCUT2D eigenvalue weighted by Crippen LogP contribution is -2.43. The van der Waals surface area contributed by atoms with Gasteiger partial charge in [0.25, 0.3) is 0 Å². The molecule has 2 N–H and O–H groups in total. The Labute approximate surface area is 123 Å². The Kier molecular flexibility index (Phi) is 9.62. The molecule has 5 heteroatoms. The summed E-state index contributed by atoms with van der Waals surface area (Å²) in [5.41, 5.74) is 0. The SMILES string of the molecule is CCCCCNC(=O)C(C)NCCCN1CCOCC1. The van der Waals surface area contributed by atoms with E-state index in [9.17, 15) is 4.79 Å². The zero-order chi connectivity index (χ0) is 14.6. The molecular formula is C15H31N3O2. The van der Waals surface area contributed by atoms with E-state index in [0.29, 0.717) is 0 Å². The predicted octanol–water partition coefficient (Wildman–Crippen LogP) is 0.993. The Morgan fingerprint density at radius 3 is 2.65 bits per heavy atom. The van der Waals surface area contributed by atoms with Crippen LogP contribution in [0.2, 0.25) is 0 Å². The first-order chi connectivity index (χ1) is 9.74. The van der Waals surface area contributed by atoms with E-state index < -0.39 is 0 Å². The van der Waals surface area contributed by atoms with Crippen LogP contribution in [0, 0.1) is 0 Å². The van der Waals surface area contributed by atoms with E-state index in [2.05, 4.69) is 22.5 Å². The van der Waals surface area contributed by atoms with E-state index in [1.165, 1.54) is 12.8 Å². The number of hydrogen-bond acceptors (Lipinski definition) is 4. The second-order valence-electron chi connectivity index (χ2n) is 5.48. The molecule has 0 aliphatic carbocycles. The number of hydrogen-bond donors (Lipinski definition) is 2. The summed E-state index contributed by atoms with van der Waals surface area (Å²) in [6.45, 7) is 10.6. The smallest absolute Gasteiger partial charge is 0.236 e. The summed E-state index contributed by atoms with van der Waals surface area (Å²) in [6.07, 6.45) is 4.52. The lowest BCUT2D eigenvalue weighted by molar-refractivity contribution is -0.122. The van der Waals surface area contributed by atoms with Crippen molar-refractivity contribution in [3.63, 3.8) is 0 Å². The molecule has 20 heavy (non-hydrogen) atoms. The van der Waals surface area contributed by atoms with Crippen molar-refractivity contribution in [3.05, 3.63) is 0 Å². The number of amides is 1. The molecule has 0 saturated carbocycles. The number of morpholine rings is 1. The number of carbonyl (C=O) groups is 1. The monoisotopic (exact) mass is 285 g/mol. The molecule has 1 fully saturated rings. The van der Waals surface area contributed by atoms with Gasteiger partial charge in [0.2, 0.25) is 5.91 Å². The van der Waals surface area contributed by atoms with Crippen molar-refractivity contribution in [2.24, 2.45) is 0 Å². The molecule has 1 aliphatic rings. The first-order valence-electron chi connectivity index (χ1n) is 8.05. The van der Waals surface area contributed by atoms with Gasteiger partial charge in [0.15, 0.2) is 0 Å². The van der Waals surface area contributed by atoms with Crippen LogP contribution < -0.4 is 10.6 Å². The third-order valence-electron chi connectivity index (χ3n) is 3.68. The molecule has 0 aromatic rings. The van der Waals surface area contributed by atoms with E-state index in [-0.39, 0.29) is 11.9 Å². The Hall–Kier alpha value is -0.650. The first-order valence-corrected chi connectivity index (χ1v) is 8.05. The van der Waals surface area contributed by atoms with Gasteiger partial charge >= 0.3 is 0 Å². The number of rotatable bonds is 10. The Morgan fingerprint density at radius 2 is 1.95 bits per heavy atom. The summed E-state index contributed by atoms with van der Waals surface area (Å²) >= 11 is 0. The topological polar surface area (TPSA) is 53.6 Å². The number of carbonyl (C=O) groups excluding carboxylic acids is 1. The van der Waals surface area contributed by atoms with Crippen LogP contribution in [0.5, 0.6) is 0 Å². The summed E-state index contributed by atoms with van der Waals surface area (Å²) in [6, 6.07) is -0.0960. The maximum absolute atomic E-state index is 11.8. The molecule has 1 aliphatic heterocycles. The van der Waals surface area contributed by atoms with Crippen molar-refractivity contribution in [2.75, 3.05) is 45.9 Å². The van der Waals surface area contributed by atoms with Gasteiger partial charge in [-0.2, -0.15) is 0 Å². The summed E-state index contributed by atoms with van der Waals surface area (Å²) in [5, 5.41) is 6.27. The molecule has 0 aromatic carbocycles. The van der Waals surface area contributed by atoms with Gasteiger partial charge in [0, 0.05) is 19.6 Å². The molecule has 1 amide bonds. The van der Waals surface area contributed by atoms with Gasteiger partial charge in [0.05, 0.1) is 19.3 Å². The van der Waals surface area contributed by atoms with Gasteiger partial charge in [-0.25, -0.2) is 0 Å². The van der Waals surface area contributed by atoms with Crippen LogP contribution in [0.1, 0.15) is 39.5 Å². The molecule has 0 bridgehead atoms. The van der Waals surface area contributed by atoms with Crippen LogP contribution in [-0.2, 0) is 9.53 Å². The highest BCUT2D eigenvalue weighted by molar-refractivity contribution is 5.81. The standard InChI is InChI=1S/C15H31N3O2/c1-3-4-5-7-17-15(19)14(2)16-8-6-9-18-10-12-20-13-11-18/h14,16H,3-13H2,1-2H3,(H,17,19). The summed E-state index contributed by atoms with van der Waals surface area (Å²) in [5.74, 6) is 0.118. The van der Waals surface area contributed by atoms with Crippen molar-refractivity contribution < 1.29 is 9.53 Å². The van der Waals surface area contributed by atoms with Gasteiger partial charge < -0.3 is 15.4 Å². The van der Waals surface area contributed by atoms with Crippen LogP contribution >= 0.6 is 0 Å². The highest BCUT2D eigenvalue weighted by Crippen LogP contribution is 1.97. The Morgan fingerprint density at radius 1 is 1.20 bits per heavy atom. The highest BCUT2D eigenvalue weighted by Gasteiger charge is 2.12. The maximum atomic E-state index is 11.8. The number of ether oxygens (including phenoxy) is 1. The molecule has 0 radical (unpaired) electrons. The van der Waals surface area contributed by atoms with Gasteiger partial charge in [-0.05, 0) is 32.9 Å². The molecule has 5 nitrogen and oxygen atoms in total. The highest BCUT2D eigenvalue weighted by atomic mass is 16.5. The molecule has 1 saturated heterocycles. The minimum atomic E-state index is -0.0960. The van der Waals surface area contributed by atoms with Gasteiger partial charge in [-0.1, -0.05) is 19.8 Å². The van der Waals surface area contributed by atoms with Crippen molar-refractivity contribution in [2.45, 2.75) is 45.6 Å². The van der Waals surface area contributed by atoms with Crippen LogP contribution in [0.4, 0.5) is 0 Å². The second-order valence-corrected chi connectivity index (χ2v) is 5.48. The van der Waals surface area contributed by atoms with Crippen molar-refractivity contribution in [1.82, 2.24) is 15.5 Å². The van der Waals surface area contributed by atoms with Gasteiger partial charge in [0.1, 0.15) is 0 Å². The maximum Gasteiger partial charge on any atom is 0.236 e. The zero-order valence-corrected chi connectivity index (χ0v) is 13.1. The van der Waals surface area contributed by atoms with Crippen molar-refractivity contribution in [3.8, 4) is 0 Å². The normalized spacial score (nSPS) is 17.9. The summed E-state index contributed by atoms with van der Waals surface area (Å²) in [7, 11) is 0. The van der Waals surface area contributed by atoms with E-state index in [0.717, 1.165) is 58.8 Å². The van der Waals surface area contributed by atoms with Gasteiger partial charge in [-0.15, -0.1) is 0 Å². The number of nitrogens with one attached hydrogen (secondary N) is 2. The van der Waals surface area contributed by atoms with E-state index in [1.807, 2.05) is 6.92 Å².